The molecule has 0 aliphatic carbocycles. The largest absolute Gasteiger partial charge is 0.464 e. The van der Waals surface area contributed by atoms with Crippen molar-refractivity contribution < 1.29 is 4.42 Å². The molecule has 2 heterocycles. The fraction of sp³-hybridized carbons (Fsp3) is 0.588. The van der Waals surface area contributed by atoms with E-state index in [0.29, 0.717) is 0 Å². The van der Waals surface area contributed by atoms with Crippen LogP contribution in [0.2, 0.25) is 0 Å². The van der Waals surface area contributed by atoms with Crippen molar-refractivity contribution in [3.63, 3.8) is 0 Å². The molecular weight excluding hydrogens is 262 g/mol. The molecule has 0 fully saturated rings. The van der Waals surface area contributed by atoms with Crippen LogP contribution in [-0.2, 0) is 25.8 Å². The highest BCUT2D eigenvalue weighted by Crippen LogP contribution is 2.22. The summed E-state index contributed by atoms with van der Waals surface area (Å²) in [6, 6.07) is 6.60. The van der Waals surface area contributed by atoms with E-state index in [1.165, 1.54) is 5.69 Å². The zero-order chi connectivity index (χ0) is 15.2. The Morgan fingerprint density at radius 3 is 2.57 bits per heavy atom. The molecule has 0 aliphatic heterocycles. The Morgan fingerprint density at radius 2 is 2.00 bits per heavy atom. The van der Waals surface area contributed by atoms with Crippen LogP contribution in [0.15, 0.2) is 22.6 Å². The molecule has 0 saturated carbocycles. The third-order valence-electron chi connectivity index (χ3n) is 3.81. The first-order valence-corrected chi connectivity index (χ1v) is 8.09. The number of aromatic nitrogens is 2. The molecule has 2 rings (SSSR count). The number of likely N-dealkylation sites (N-methyl/N-ethyl adjacent to an activating group) is 1. The van der Waals surface area contributed by atoms with E-state index in [2.05, 4.69) is 61.0 Å². The molecule has 2 aromatic heterocycles. The van der Waals surface area contributed by atoms with Gasteiger partial charge >= 0.3 is 0 Å². The number of hydrogen-bond acceptors (Lipinski definition) is 3. The quantitative estimate of drug-likeness (QED) is 0.808. The molecule has 4 heteroatoms. The van der Waals surface area contributed by atoms with Gasteiger partial charge in [-0.1, -0.05) is 20.8 Å². The van der Waals surface area contributed by atoms with E-state index >= 15 is 0 Å². The Hall–Kier alpha value is -1.55. The number of nitrogens with zero attached hydrogens (tertiary/aromatic N) is 2. The SMILES string of the molecule is CCNC(Cc1cc(CC)nn1CC)c1ccc(CC)o1. The van der Waals surface area contributed by atoms with Crippen molar-refractivity contribution >= 4 is 0 Å². The first-order valence-electron chi connectivity index (χ1n) is 8.09. The van der Waals surface area contributed by atoms with Crippen LogP contribution in [0.5, 0.6) is 0 Å². The molecule has 0 bridgehead atoms. The molecule has 4 nitrogen and oxygen atoms in total. The summed E-state index contributed by atoms with van der Waals surface area (Å²) in [6.45, 7) is 10.4. The van der Waals surface area contributed by atoms with Crippen molar-refractivity contribution in [2.75, 3.05) is 6.54 Å². The molecular formula is C17H27N3O. The van der Waals surface area contributed by atoms with Gasteiger partial charge in [0.25, 0.3) is 0 Å². The molecule has 0 saturated heterocycles. The van der Waals surface area contributed by atoms with Crippen molar-refractivity contribution in [3.8, 4) is 0 Å². The lowest BCUT2D eigenvalue weighted by Crippen LogP contribution is -2.23. The van der Waals surface area contributed by atoms with Gasteiger partial charge in [-0.3, -0.25) is 4.68 Å². The number of furan rings is 1. The van der Waals surface area contributed by atoms with Crippen molar-refractivity contribution in [3.05, 3.63) is 41.1 Å². The van der Waals surface area contributed by atoms with E-state index in [4.69, 9.17) is 4.42 Å². The molecule has 0 aromatic carbocycles. The normalized spacial score (nSPS) is 12.8. The summed E-state index contributed by atoms with van der Waals surface area (Å²) in [7, 11) is 0. The van der Waals surface area contributed by atoms with Gasteiger partial charge in [-0.15, -0.1) is 0 Å². The number of hydrogen-bond donors (Lipinski definition) is 1. The lowest BCUT2D eigenvalue weighted by atomic mass is 10.1. The summed E-state index contributed by atoms with van der Waals surface area (Å²) in [6.07, 6.45) is 2.82. The molecule has 0 aliphatic rings. The van der Waals surface area contributed by atoms with Crippen LogP contribution in [0.1, 0.15) is 56.6 Å². The molecule has 1 unspecified atom stereocenters. The van der Waals surface area contributed by atoms with E-state index in [-0.39, 0.29) is 6.04 Å². The van der Waals surface area contributed by atoms with Crippen LogP contribution in [0.4, 0.5) is 0 Å². The summed E-state index contributed by atoms with van der Waals surface area (Å²) in [5.41, 5.74) is 2.44. The number of nitrogens with one attached hydrogen (secondary N) is 1. The molecule has 0 radical (unpaired) electrons. The van der Waals surface area contributed by atoms with Crippen LogP contribution < -0.4 is 5.32 Å². The van der Waals surface area contributed by atoms with Gasteiger partial charge in [0.15, 0.2) is 0 Å². The van der Waals surface area contributed by atoms with Gasteiger partial charge in [0, 0.05) is 25.1 Å². The second-order valence-electron chi connectivity index (χ2n) is 5.27. The second-order valence-corrected chi connectivity index (χ2v) is 5.27. The minimum absolute atomic E-state index is 0.210. The van der Waals surface area contributed by atoms with E-state index in [1.807, 2.05) is 0 Å². The zero-order valence-corrected chi connectivity index (χ0v) is 13.6. The highest BCUT2D eigenvalue weighted by Gasteiger charge is 2.18. The average molecular weight is 289 g/mol. The molecule has 1 N–H and O–H groups in total. The van der Waals surface area contributed by atoms with Gasteiger partial charge < -0.3 is 9.73 Å². The number of rotatable bonds is 8. The first-order chi connectivity index (χ1) is 10.2. The summed E-state index contributed by atoms with van der Waals surface area (Å²) in [5, 5.41) is 8.16. The molecule has 0 spiro atoms. The average Bonchev–Trinajstić information content (AvgIpc) is 3.13. The zero-order valence-electron chi connectivity index (χ0n) is 13.6. The first kappa shape index (κ1) is 15.8. The van der Waals surface area contributed by atoms with Gasteiger partial charge in [-0.25, -0.2) is 0 Å². The van der Waals surface area contributed by atoms with Crippen LogP contribution in [-0.4, -0.2) is 16.3 Å². The highest BCUT2D eigenvalue weighted by molar-refractivity contribution is 5.17. The van der Waals surface area contributed by atoms with E-state index < -0.39 is 0 Å². The standard InChI is InChI=1S/C17H27N3O/c1-5-13-11-14(20(8-4)19-13)12-16(18-7-3)17-10-9-15(6-2)21-17/h9-11,16,18H,5-8,12H2,1-4H3. The van der Waals surface area contributed by atoms with Crippen LogP contribution in [0.25, 0.3) is 0 Å². The van der Waals surface area contributed by atoms with Crippen molar-refractivity contribution in [2.24, 2.45) is 0 Å². The van der Waals surface area contributed by atoms with Crippen molar-refractivity contribution in [2.45, 2.75) is 59.5 Å². The Bertz CT molecular complexity index is 556. The predicted octanol–water partition coefficient (Wildman–Crippen LogP) is 3.51. The molecule has 116 valence electrons. The van der Waals surface area contributed by atoms with Gasteiger partial charge in [0.2, 0.25) is 0 Å². The topological polar surface area (TPSA) is 43.0 Å². The minimum Gasteiger partial charge on any atom is -0.464 e. The van der Waals surface area contributed by atoms with Crippen LogP contribution in [0, 0.1) is 0 Å². The Balaban J connectivity index is 2.21. The maximum atomic E-state index is 5.93. The summed E-state index contributed by atoms with van der Waals surface area (Å²) in [4.78, 5) is 0. The maximum Gasteiger partial charge on any atom is 0.121 e. The van der Waals surface area contributed by atoms with Crippen LogP contribution >= 0.6 is 0 Å². The second kappa shape index (κ2) is 7.46. The van der Waals surface area contributed by atoms with E-state index in [1.54, 1.807) is 0 Å². The lowest BCUT2D eigenvalue weighted by molar-refractivity contribution is 0.390. The Kier molecular flexibility index (Phi) is 5.62. The van der Waals surface area contributed by atoms with Gasteiger partial charge in [0.1, 0.15) is 11.5 Å². The van der Waals surface area contributed by atoms with Crippen LogP contribution in [0.3, 0.4) is 0 Å². The molecule has 2 aromatic rings. The van der Waals surface area contributed by atoms with Gasteiger partial charge in [-0.2, -0.15) is 5.10 Å². The van der Waals surface area contributed by atoms with Gasteiger partial charge in [-0.05, 0) is 38.1 Å². The Labute approximate surface area is 127 Å². The third-order valence-corrected chi connectivity index (χ3v) is 3.81. The van der Waals surface area contributed by atoms with E-state index in [0.717, 1.165) is 49.6 Å². The molecule has 0 amide bonds. The van der Waals surface area contributed by atoms with Crippen molar-refractivity contribution in [1.82, 2.24) is 15.1 Å². The third kappa shape index (κ3) is 3.76. The lowest BCUT2D eigenvalue weighted by Gasteiger charge is -2.16. The summed E-state index contributed by atoms with van der Waals surface area (Å²) in [5.74, 6) is 2.07. The Morgan fingerprint density at radius 1 is 1.19 bits per heavy atom. The highest BCUT2D eigenvalue weighted by atomic mass is 16.3. The molecule has 21 heavy (non-hydrogen) atoms. The maximum absolute atomic E-state index is 5.93. The predicted molar refractivity (Wildman–Crippen MR) is 85.5 cm³/mol. The monoisotopic (exact) mass is 289 g/mol. The summed E-state index contributed by atoms with van der Waals surface area (Å²) >= 11 is 0. The van der Waals surface area contributed by atoms with Crippen molar-refractivity contribution in [1.29, 1.82) is 0 Å². The fourth-order valence-electron chi connectivity index (χ4n) is 2.63. The van der Waals surface area contributed by atoms with Gasteiger partial charge in [0.05, 0.1) is 11.7 Å². The summed E-state index contributed by atoms with van der Waals surface area (Å²) < 4.78 is 8.04. The van der Waals surface area contributed by atoms with E-state index in [9.17, 15) is 0 Å². The smallest absolute Gasteiger partial charge is 0.121 e. The molecule has 1 atom stereocenters. The minimum atomic E-state index is 0.210. The fourth-order valence-corrected chi connectivity index (χ4v) is 2.63. The number of aryl methyl sites for hydroxylation is 3.